The van der Waals surface area contributed by atoms with Gasteiger partial charge in [-0.3, -0.25) is 14.6 Å². The van der Waals surface area contributed by atoms with Gasteiger partial charge >= 0.3 is 0 Å². The zero-order valence-electron chi connectivity index (χ0n) is 13.7. The Bertz CT molecular complexity index is 561. The fourth-order valence-corrected chi connectivity index (χ4v) is 3.50. The Morgan fingerprint density at radius 3 is 2.91 bits per heavy atom. The van der Waals surface area contributed by atoms with Crippen molar-refractivity contribution in [2.75, 3.05) is 6.54 Å². The van der Waals surface area contributed by atoms with Gasteiger partial charge in [-0.15, -0.1) is 0 Å². The van der Waals surface area contributed by atoms with Crippen LogP contribution in [0.3, 0.4) is 0 Å². The quantitative estimate of drug-likeness (QED) is 0.905. The highest BCUT2D eigenvalue weighted by Gasteiger charge is 2.50. The molecule has 1 aromatic heterocycles. The number of carbonyl (C=O) groups is 2. The molecule has 1 saturated heterocycles. The number of hydrogen-bond donors (Lipinski definition) is 1. The lowest BCUT2D eigenvalue weighted by atomic mass is 9.99. The van der Waals surface area contributed by atoms with E-state index < -0.39 is 0 Å². The Morgan fingerprint density at radius 2 is 2.17 bits per heavy atom. The maximum atomic E-state index is 12.7. The molecule has 3 unspecified atom stereocenters. The predicted molar refractivity (Wildman–Crippen MR) is 87.3 cm³/mol. The van der Waals surface area contributed by atoms with Crippen molar-refractivity contribution in [3.8, 4) is 0 Å². The van der Waals surface area contributed by atoms with Gasteiger partial charge in [0.1, 0.15) is 0 Å². The Hall–Kier alpha value is -1.91. The molecule has 2 heterocycles. The van der Waals surface area contributed by atoms with E-state index in [1.807, 2.05) is 23.1 Å². The average Bonchev–Trinajstić information content (AvgIpc) is 3.40. The van der Waals surface area contributed by atoms with Gasteiger partial charge in [0.15, 0.2) is 0 Å². The van der Waals surface area contributed by atoms with E-state index in [4.69, 9.17) is 0 Å². The van der Waals surface area contributed by atoms with Gasteiger partial charge in [0.05, 0.1) is 24.1 Å². The molecule has 0 radical (unpaired) electrons. The summed E-state index contributed by atoms with van der Waals surface area (Å²) in [6.07, 6.45) is 6.82. The first kappa shape index (κ1) is 16.0. The maximum Gasteiger partial charge on any atom is 0.226 e. The van der Waals surface area contributed by atoms with Crippen LogP contribution in [0, 0.1) is 11.8 Å². The SMILES string of the molecule is CCC1CCCCN1C(=O)C1CC1C(=O)NCc1ccccn1. The third-order valence-electron chi connectivity index (χ3n) is 5.00. The molecular formula is C18H25N3O2. The highest BCUT2D eigenvalue weighted by atomic mass is 16.2. The Kier molecular flexibility index (Phi) is 4.94. The van der Waals surface area contributed by atoms with Gasteiger partial charge in [-0.2, -0.15) is 0 Å². The molecule has 1 aromatic rings. The smallest absolute Gasteiger partial charge is 0.226 e. The minimum atomic E-state index is -0.148. The van der Waals surface area contributed by atoms with E-state index in [0.29, 0.717) is 19.0 Å². The summed E-state index contributed by atoms with van der Waals surface area (Å²) in [6.45, 7) is 3.43. The summed E-state index contributed by atoms with van der Waals surface area (Å²) in [7, 11) is 0. The monoisotopic (exact) mass is 315 g/mol. The first-order valence-electron chi connectivity index (χ1n) is 8.68. The molecule has 0 bridgehead atoms. The molecule has 2 fully saturated rings. The normalized spacial score (nSPS) is 26.7. The van der Waals surface area contributed by atoms with E-state index in [-0.39, 0.29) is 23.7 Å². The molecular weight excluding hydrogens is 290 g/mol. The molecule has 5 nitrogen and oxygen atoms in total. The standard InChI is InChI=1S/C18H25N3O2/c1-2-14-8-4-6-10-21(14)18(23)16-11-15(16)17(22)20-12-13-7-3-5-9-19-13/h3,5,7,9,14-16H,2,4,6,8,10-12H2,1H3,(H,20,22). The number of aromatic nitrogens is 1. The molecule has 3 atom stereocenters. The summed E-state index contributed by atoms with van der Waals surface area (Å²) in [5.41, 5.74) is 0.839. The first-order valence-corrected chi connectivity index (χ1v) is 8.68. The van der Waals surface area contributed by atoms with Crippen LogP contribution in [0.4, 0.5) is 0 Å². The largest absolute Gasteiger partial charge is 0.350 e. The van der Waals surface area contributed by atoms with Crippen LogP contribution in [0.15, 0.2) is 24.4 Å². The zero-order chi connectivity index (χ0) is 16.2. The average molecular weight is 315 g/mol. The predicted octanol–water partition coefficient (Wildman–Crippen LogP) is 2.12. The van der Waals surface area contributed by atoms with Gasteiger partial charge in [-0.1, -0.05) is 13.0 Å². The van der Waals surface area contributed by atoms with Gasteiger partial charge in [0.25, 0.3) is 0 Å². The van der Waals surface area contributed by atoms with E-state index in [0.717, 1.165) is 31.5 Å². The highest BCUT2D eigenvalue weighted by Crippen LogP contribution is 2.41. The molecule has 5 heteroatoms. The van der Waals surface area contributed by atoms with Gasteiger partial charge in [0, 0.05) is 18.8 Å². The van der Waals surface area contributed by atoms with Crippen LogP contribution in [0.2, 0.25) is 0 Å². The van der Waals surface area contributed by atoms with Crippen LogP contribution in [0.1, 0.15) is 44.7 Å². The summed E-state index contributed by atoms with van der Waals surface area (Å²) in [6, 6.07) is 6.01. The Labute approximate surface area is 137 Å². The van der Waals surface area contributed by atoms with Crippen molar-refractivity contribution in [2.45, 2.75) is 51.6 Å². The lowest BCUT2D eigenvalue weighted by Crippen LogP contribution is -2.44. The van der Waals surface area contributed by atoms with Crippen molar-refractivity contribution in [2.24, 2.45) is 11.8 Å². The summed E-state index contributed by atoms with van der Waals surface area (Å²) in [5.74, 6) is -0.0786. The van der Waals surface area contributed by atoms with Gasteiger partial charge in [0.2, 0.25) is 11.8 Å². The lowest BCUT2D eigenvalue weighted by molar-refractivity contribution is -0.138. The number of nitrogens with zero attached hydrogens (tertiary/aromatic N) is 2. The number of likely N-dealkylation sites (tertiary alicyclic amines) is 1. The molecule has 1 aliphatic carbocycles. The van der Waals surface area contributed by atoms with E-state index in [1.54, 1.807) is 6.20 Å². The minimum absolute atomic E-state index is 0.0148. The second-order valence-electron chi connectivity index (χ2n) is 6.58. The van der Waals surface area contributed by atoms with Crippen molar-refractivity contribution < 1.29 is 9.59 Å². The van der Waals surface area contributed by atoms with E-state index in [2.05, 4.69) is 17.2 Å². The molecule has 2 aliphatic rings. The Morgan fingerprint density at radius 1 is 1.30 bits per heavy atom. The molecule has 1 aliphatic heterocycles. The second-order valence-corrected chi connectivity index (χ2v) is 6.58. The summed E-state index contributed by atoms with van der Waals surface area (Å²) in [5, 5.41) is 2.90. The number of nitrogens with one attached hydrogen (secondary N) is 1. The summed E-state index contributed by atoms with van der Waals surface area (Å²) >= 11 is 0. The fourth-order valence-electron chi connectivity index (χ4n) is 3.50. The number of rotatable bonds is 5. The summed E-state index contributed by atoms with van der Waals surface area (Å²) < 4.78 is 0. The second kappa shape index (κ2) is 7.11. The van der Waals surface area contributed by atoms with E-state index in [1.165, 1.54) is 6.42 Å². The van der Waals surface area contributed by atoms with Crippen LogP contribution in [0.5, 0.6) is 0 Å². The van der Waals surface area contributed by atoms with Crippen LogP contribution >= 0.6 is 0 Å². The van der Waals surface area contributed by atoms with E-state index in [9.17, 15) is 9.59 Å². The van der Waals surface area contributed by atoms with Crippen LogP contribution < -0.4 is 5.32 Å². The molecule has 124 valence electrons. The Balaban J connectivity index is 1.50. The minimum Gasteiger partial charge on any atom is -0.350 e. The van der Waals surface area contributed by atoms with Crippen molar-refractivity contribution in [3.63, 3.8) is 0 Å². The van der Waals surface area contributed by atoms with Gasteiger partial charge in [-0.25, -0.2) is 0 Å². The third kappa shape index (κ3) is 3.71. The lowest BCUT2D eigenvalue weighted by Gasteiger charge is -2.35. The zero-order valence-corrected chi connectivity index (χ0v) is 13.7. The van der Waals surface area contributed by atoms with Crippen LogP contribution in [-0.2, 0) is 16.1 Å². The van der Waals surface area contributed by atoms with Crippen molar-refractivity contribution in [3.05, 3.63) is 30.1 Å². The molecule has 2 amide bonds. The molecule has 0 spiro atoms. The molecule has 23 heavy (non-hydrogen) atoms. The number of pyridine rings is 1. The number of carbonyl (C=O) groups excluding carboxylic acids is 2. The topological polar surface area (TPSA) is 62.3 Å². The molecule has 1 saturated carbocycles. The van der Waals surface area contributed by atoms with Crippen molar-refractivity contribution >= 4 is 11.8 Å². The van der Waals surface area contributed by atoms with Gasteiger partial charge < -0.3 is 10.2 Å². The van der Waals surface area contributed by atoms with Crippen LogP contribution in [0.25, 0.3) is 0 Å². The molecule has 1 N–H and O–H groups in total. The molecule has 3 rings (SSSR count). The number of hydrogen-bond acceptors (Lipinski definition) is 3. The summed E-state index contributed by atoms with van der Waals surface area (Å²) in [4.78, 5) is 31.1. The first-order chi connectivity index (χ1) is 11.2. The van der Waals surface area contributed by atoms with Crippen molar-refractivity contribution in [1.82, 2.24) is 15.2 Å². The van der Waals surface area contributed by atoms with Gasteiger partial charge in [-0.05, 0) is 44.2 Å². The highest BCUT2D eigenvalue weighted by molar-refractivity contribution is 5.92. The number of amides is 2. The van der Waals surface area contributed by atoms with E-state index >= 15 is 0 Å². The van der Waals surface area contributed by atoms with Crippen LogP contribution in [-0.4, -0.2) is 34.3 Å². The number of piperidine rings is 1. The maximum absolute atomic E-state index is 12.7. The third-order valence-corrected chi connectivity index (χ3v) is 5.00. The molecule has 0 aromatic carbocycles. The fraction of sp³-hybridized carbons (Fsp3) is 0.611. The van der Waals surface area contributed by atoms with Crippen molar-refractivity contribution in [1.29, 1.82) is 0 Å².